The number of phosphoric acid groups is 1. The van der Waals surface area contributed by atoms with Crippen LogP contribution in [0.15, 0.2) is 113 Å². The third-order valence-electron chi connectivity index (χ3n) is 8.59. The molecule has 1 aromatic heterocycles. The van der Waals surface area contributed by atoms with E-state index in [2.05, 4.69) is 4.98 Å². The maximum Gasteiger partial charge on any atom is 0.330 e. The molecule has 0 saturated carbocycles. The molecule has 1 unspecified atom stereocenters. The average Bonchev–Trinajstić information content (AvgIpc) is 3.51. The molecule has 52 heavy (non-hydrogen) atoms. The molecule has 1 saturated heterocycles. The number of aryl methyl sites for hydroxylation is 1. The van der Waals surface area contributed by atoms with Gasteiger partial charge in [0.15, 0.2) is 0 Å². The normalized spacial score (nSPS) is 18.5. The van der Waals surface area contributed by atoms with Crippen LogP contribution in [0, 0.1) is 6.92 Å². The molecule has 6 rings (SSSR count). The van der Waals surface area contributed by atoms with E-state index >= 15 is 0 Å². The minimum Gasteiger partial charge on any atom is -0.746 e. The van der Waals surface area contributed by atoms with Crippen molar-refractivity contribution < 1.29 is 37.5 Å². The molecule has 0 spiro atoms. The van der Waals surface area contributed by atoms with Gasteiger partial charge in [0.2, 0.25) is 0 Å². The van der Waals surface area contributed by atoms with E-state index in [9.17, 15) is 19.0 Å². The van der Waals surface area contributed by atoms with Gasteiger partial charge in [0.25, 0.3) is 5.56 Å². The molecule has 0 radical (unpaired) electrons. The number of phosphoric ester groups is 1. The third kappa shape index (κ3) is 8.14. The number of benzene rings is 4. The van der Waals surface area contributed by atoms with Crippen LogP contribution in [0.4, 0.5) is 0 Å². The Kier molecular flexibility index (Phi) is 11.3. The largest absolute Gasteiger partial charge is 0.746 e. The molecule has 4 atom stereocenters. The molecule has 4 aromatic carbocycles. The van der Waals surface area contributed by atoms with Crippen molar-refractivity contribution in [1.82, 2.24) is 9.55 Å². The van der Waals surface area contributed by atoms with Gasteiger partial charge in [0.1, 0.15) is 35.2 Å². The molecule has 5 aromatic rings. The number of hydrogen-bond donors (Lipinski definition) is 1. The van der Waals surface area contributed by atoms with Crippen molar-refractivity contribution in [3.05, 3.63) is 156 Å². The number of methoxy groups -OCH3 is 2. The van der Waals surface area contributed by atoms with Crippen LogP contribution in [0.5, 0.6) is 17.2 Å². The minimum absolute atomic E-state index is 0.130. The van der Waals surface area contributed by atoms with E-state index in [1.807, 2.05) is 78.9 Å². The first-order valence-corrected chi connectivity index (χ1v) is 18.2. The predicted octanol–water partition coefficient (Wildman–Crippen LogP) is 6.40. The molecular formula is C37H34Cl2N2O10P-. The van der Waals surface area contributed by atoms with E-state index < -0.39 is 43.1 Å². The van der Waals surface area contributed by atoms with Crippen LogP contribution in [0.2, 0.25) is 10.0 Å². The van der Waals surface area contributed by atoms with E-state index in [-0.39, 0.29) is 34.4 Å². The number of ether oxygens (including phenoxy) is 4. The van der Waals surface area contributed by atoms with Gasteiger partial charge in [-0.25, -0.2) is 4.79 Å². The second kappa shape index (κ2) is 15.7. The van der Waals surface area contributed by atoms with Gasteiger partial charge in [0.05, 0.1) is 26.9 Å². The number of hydrogen-bond acceptors (Lipinski definition) is 10. The Hall–Kier alpha value is -4.39. The first-order chi connectivity index (χ1) is 24.9. The topological polar surface area (TPSA) is 150 Å². The Bertz CT molecular complexity index is 2110. The van der Waals surface area contributed by atoms with Gasteiger partial charge >= 0.3 is 13.5 Å². The van der Waals surface area contributed by atoms with Crippen LogP contribution in [-0.4, -0.2) is 42.6 Å². The summed E-state index contributed by atoms with van der Waals surface area (Å²) in [5, 5.41) is 0.306. The lowest BCUT2D eigenvalue weighted by atomic mass is 9.80. The van der Waals surface area contributed by atoms with Gasteiger partial charge < -0.3 is 32.9 Å². The number of rotatable bonds is 13. The summed E-state index contributed by atoms with van der Waals surface area (Å²) in [5.74, 6) is 1.10. The summed E-state index contributed by atoms with van der Waals surface area (Å²) in [7, 11) is -1.98. The Morgan fingerprint density at radius 2 is 1.42 bits per heavy atom. The fourth-order valence-electron chi connectivity index (χ4n) is 6.11. The molecule has 0 bridgehead atoms. The van der Waals surface area contributed by atoms with Gasteiger partial charge in [-0.1, -0.05) is 77.8 Å². The number of halogens is 2. The summed E-state index contributed by atoms with van der Waals surface area (Å²) < 4.78 is 49.6. The number of aromatic amines is 1. The van der Waals surface area contributed by atoms with E-state index in [1.165, 1.54) is 35.9 Å². The van der Waals surface area contributed by atoms with Crippen molar-refractivity contribution in [3.63, 3.8) is 0 Å². The predicted molar refractivity (Wildman–Crippen MR) is 192 cm³/mol. The van der Waals surface area contributed by atoms with Crippen molar-refractivity contribution in [2.45, 2.75) is 37.4 Å². The molecule has 2 heterocycles. The lowest BCUT2D eigenvalue weighted by Crippen LogP contribution is -2.39. The number of nitrogens with one attached hydrogen (secondary N) is 1. The zero-order valence-electron chi connectivity index (χ0n) is 28.2. The summed E-state index contributed by atoms with van der Waals surface area (Å²) >= 11 is 12.1. The minimum atomic E-state index is -5.12. The molecule has 0 amide bonds. The van der Waals surface area contributed by atoms with Crippen molar-refractivity contribution in [2.75, 3.05) is 20.8 Å². The van der Waals surface area contributed by atoms with Crippen LogP contribution in [0.1, 0.15) is 34.9 Å². The number of nitrogens with zero attached hydrogens (tertiary/aromatic N) is 1. The molecule has 0 aliphatic carbocycles. The lowest BCUT2D eigenvalue weighted by molar-refractivity contribution is -0.223. The van der Waals surface area contributed by atoms with Crippen molar-refractivity contribution in [3.8, 4) is 17.2 Å². The summed E-state index contributed by atoms with van der Waals surface area (Å²) in [4.78, 5) is 40.7. The highest BCUT2D eigenvalue weighted by molar-refractivity contribution is 7.46. The van der Waals surface area contributed by atoms with E-state index in [4.69, 9.17) is 51.2 Å². The molecule has 1 aliphatic rings. The SMILES string of the molecule is COc1ccc(C(OC[C@H]2O[C@@H](n3cc(C)c(=O)[nH]c3=O)C[C@@H]2OP(=O)([O-])Oc2cc(Cl)cc(Cl)c2)(c2ccccc2)c2ccc(OC)cc2)cc1. The average molecular weight is 769 g/mol. The summed E-state index contributed by atoms with van der Waals surface area (Å²) in [6, 6.07) is 28.2. The first kappa shape index (κ1) is 37.4. The zero-order valence-corrected chi connectivity index (χ0v) is 30.6. The quantitative estimate of drug-likeness (QED) is 0.105. The molecule has 12 nitrogen and oxygen atoms in total. The van der Waals surface area contributed by atoms with E-state index in [1.54, 1.807) is 14.2 Å². The number of H-pyrrole nitrogens is 1. The molecule has 1 fully saturated rings. The zero-order chi connectivity index (χ0) is 37.0. The monoisotopic (exact) mass is 767 g/mol. The highest BCUT2D eigenvalue weighted by Gasteiger charge is 2.44. The van der Waals surface area contributed by atoms with E-state index in [0.717, 1.165) is 16.7 Å². The highest BCUT2D eigenvalue weighted by Crippen LogP contribution is 2.47. The van der Waals surface area contributed by atoms with Gasteiger partial charge in [-0.3, -0.25) is 18.9 Å². The highest BCUT2D eigenvalue weighted by atomic mass is 35.5. The summed E-state index contributed by atoms with van der Waals surface area (Å²) in [6.07, 6.45) is -2.14. The van der Waals surface area contributed by atoms with Crippen LogP contribution in [0.25, 0.3) is 0 Å². The van der Waals surface area contributed by atoms with Crippen LogP contribution < -0.4 is 30.1 Å². The maximum atomic E-state index is 13.4. The second-order valence-corrected chi connectivity index (χ2v) is 14.1. The molecule has 1 N–H and O–H groups in total. The molecule has 272 valence electrons. The van der Waals surface area contributed by atoms with Crippen molar-refractivity contribution in [1.29, 1.82) is 0 Å². The fourth-order valence-corrected chi connectivity index (χ4v) is 7.58. The standard InChI is InChI=1S/C37H35Cl2N2O10P/c1-23-21-41(36(43)40-35(23)42)34-20-32(51-52(44,45)50-31-18-27(38)17-28(39)19-31)33(49-34)22-48-37(24-7-5-4-6-8-24,25-9-13-29(46-2)14-10-25)26-11-15-30(47-3)16-12-26/h4-19,21,32-34H,20,22H2,1-3H3,(H,44,45)(H,40,42,43)/p-1/t32-,33+,34+/m0/s1. The Balaban J connectivity index is 1.41. The smallest absolute Gasteiger partial charge is 0.330 e. The van der Waals surface area contributed by atoms with Crippen molar-refractivity contribution in [2.24, 2.45) is 0 Å². The van der Waals surface area contributed by atoms with Crippen LogP contribution in [-0.2, 0) is 24.2 Å². The molecule has 15 heteroatoms. The third-order valence-corrected chi connectivity index (χ3v) is 9.99. The maximum absolute atomic E-state index is 13.4. The van der Waals surface area contributed by atoms with Crippen LogP contribution >= 0.6 is 31.0 Å². The van der Waals surface area contributed by atoms with Gasteiger partial charge in [-0.2, -0.15) is 0 Å². The van der Waals surface area contributed by atoms with Crippen LogP contribution in [0.3, 0.4) is 0 Å². The van der Waals surface area contributed by atoms with Gasteiger partial charge in [-0.05, 0) is 66.1 Å². The fraction of sp³-hybridized carbons (Fsp3) is 0.243. The lowest BCUT2D eigenvalue weighted by Gasteiger charge is -2.37. The Morgan fingerprint density at radius 3 is 1.98 bits per heavy atom. The summed E-state index contributed by atoms with van der Waals surface area (Å²) in [6.45, 7) is 1.29. The second-order valence-electron chi connectivity index (χ2n) is 11.9. The van der Waals surface area contributed by atoms with E-state index in [0.29, 0.717) is 11.5 Å². The number of aromatic nitrogens is 2. The summed E-state index contributed by atoms with van der Waals surface area (Å²) in [5.41, 5.74) is -0.146. The first-order valence-electron chi connectivity index (χ1n) is 16.0. The van der Waals surface area contributed by atoms with Gasteiger partial charge in [0, 0.05) is 28.2 Å². The molecular weight excluding hydrogens is 734 g/mol. The van der Waals surface area contributed by atoms with Crippen molar-refractivity contribution >= 4 is 31.0 Å². The van der Waals surface area contributed by atoms with Gasteiger partial charge in [-0.15, -0.1) is 0 Å². The Morgan fingerprint density at radius 1 is 0.865 bits per heavy atom. The molecule has 1 aliphatic heterocycles. The Labute approximate surface area is 309 Å².